The molecule has 0 saturated carbocycles. The second-order valence-electron chi connectivity index (χ2n) is 5.75. The first-order valence-corrected chi connectivity index (χ1v) is 7.67. The van der Waals surface area contributed by atoms with Crippen molar-refractivity contribution in [3.63, 3.8) is 0 Å². The van der Waals surface area contributed by atoms with E-state index in [4.69, 9.17) is 5.26 Å². The minimum atomic E-state index is -1.28. The molecule has 1 aromatic carbocycles. The van der Waals surface area contributed by atoms with E-state index in [-0.39, 0.29) is 12.8 Å². The van der Waals surface area contributed by atoms with E-state index < -0.39 is 41.6 Å². The van der Waals surface area contributed by atoms with Crippen LogP contribution in [0.15, 0.2) is 24.3 Å². The SMILES string of the molecule is CC(=O)N[C@H](Cc1cccc(F)c1)C(=O)N[C@@H](C[C@H](C)C#N)C(=O)O. The smallest absolute Gasteiger partial charge is 0.326 e. The van der Waals surface area contributed by atoms with Crippen molar-refractivity contribution < 1.29 is 23.9 Å². The number of carbonyl (C=O) groups excluding carboxylic acids is 2. The van der Waals surface area contributed by atoms with Crippen LogP contribution in [0.5, 0.6) is 0 Å². The van der Waals surface area contributed by atoms with Gasteiger partial charge in [0.1, 0.15) is 17.9 Å². The number of nitrogens with one attached hydrogen (secondary N) is 2. The Balaban J connectivity index is 2.89. The summed E-state index contributed by atoms with van der Waals surface area (Å²) in [7, 11) is 0. The normalized spacial score (nSPS) is 13.8. The average molecular weight is 349 g/mol. The Kier molecular flexibility index (Phi) is 7.53. The molecule has 0 aliphatic heterocycles. The van der Waals surface area contributed by atoms with Crippen molar-refractivity contribution in [2.24, 2.45) is 5.92 Å². The van der Waals surface area contributed by atoms with Crippen LogP contribution in [0.25, 0.3) is 0 Å². The lowest BCUT2D eigenvalue weighted by Crippen LogP contribution is -2.52. The van der Waals surface area contributed by atoms with E-state index >= 15 is 0 Å². The lowest BCUT2D eigenvalue weighted by Gasteiger charge is -2.21. The average Bonchev–Trinajstić information content (AvgIpc) is 2.52. The summed E-state index contributed by atoms with van der Waals surface area (Å²) in [4.78, 5) is 35.0. The molecule has 3 N–H and O–H groups in total. The Morgan fingerprint density at radius 3 is 2.48 bits per heavy atom. The van der Waals surface area contributed by atoms with Crippen LogP contribution in [0.1, 0.15) is 25.8 Å². The third-order valence-electron chi connectivity index (χ3n) is 3.45. The molecule has 25 heavy (non-hydrogen) atoms. The van der Waals surface area contributed by atoms with Crippen molar-refractivity contribution in [1.29, 1.82) is 5.26 Å². The van der Waals surface area contributed by atoms with Crippen LogP contribution in [0, 0.1) is 23.1 Å². The van der Waals surface area contributed by atoms with Gasteiger partial charge in [0, 0.05) is 19.3 Å². The van der Waals surface area contributed by atoms with E-state index in [9.17, 15) is 23.9 Å². The molecule has 0 aliphatic carbocycles. The minimum Gasteiger partial charge on any atom is -0.480 e. The Labute approximate surface area is 144 Å². The minimum absolute atomic E-state index is 0.00329. The van der Waals surface area contributed by atoms with E-state index in [1.165, 1.54) is 25.1 Å². The summed E-state index contributed by atoms with van der Waals surface area (Å²) < 4.78 is 13.3. The number of aliphatic carboxylic acids is 1. The molecule has 0 unspecified atom stereocenters. The fraction of sp³-hybridized carbons (Fsp3) is 0.412. The number of benzene rings is 1. The molecular formula is C17H20FN3O4. The number of carboxylic acids is 1. The van der Waals surface area contributed by atoms with Gasteiger partial charge in [-0.3, -0.25) is 9.59 Å². The molecule has 1 aromatic rings. The van der Waals surface area contributed by atoms with Crippen LogP contribution in [0.2, 0.25) is 0 Å². The van der Waals surface area contributed by atoms with Gasteiger partial charge in [0.2, 0.25) is 11.8 Å². The fourth-order valence-electron chi connectivity index (χ4n) is 2.25. The third-order valence-corrected chi connectivity index (χ3v) is 3.45. The topological polar surface area (TPSA) is 119 Å². The zero-order valence-corrected chi connectivity index (χ0v) is 14.0. The monoisotopic (exact) mass is 349 g/mol. The predicted molar refractivity (Wildman–Crippen MR) is 86.7 cm³/mol. The van der Waals surface area contributed by atoms with Crippen LogP contribution < -0.4 is 10.6 Å². The first-order valence-electron chi connectivity index (χ1n) is 7.67. The number of nitriles is 1. The molecule has 0 fully saturated rings. The third kappa shape index (κ3) is 6.99. The largest absolute Gasteiger partial charge is 0.480 e. The number of amides is 2. The Hall–Kier alpha value is -2.95. The van der Waals surface area contributed by atoms with Crippen molar-refractivity contribution in [2.45, 2.75) is 38.8 Å². The second-order valence-corrected chi connectivity index (χ2v) is 5.75. The lowest BCUT2D eigenvalue weighted by molar-refractivity contribution is -0.142. The highest BCUT2D eigenvalue weighted by molar-refractivity contribution is 5.90. The summed E-state index contributed by atoms with van der Waals surface area (Å²) in [5, 5.41) is 22.7. The van der Waals surface area contributed by atoms with E-state index in [2.05, 4.69) is 10.6 Å². The number of halogens is 1. The molecule has 0 heterocycles. The number of nitrogens with zero attached hydrogens (tertiary/aromatic N) is 1. The van der Waals surface area contributed by atoms with Gasteiger partial charge in [0.05, 0.1) is 6.07 Å². The maximum atomic E-state index is 13.3. The Bertz CT molecular complexity index is 687. The van der Waals surface area contributed by atoms with Crippen molar-refractivity contribution in [1.82, 2.24) is 10.6 Å². The van der Waals surface area contributed by atoms with Gasteiger partial charge in [-0.15, -0.1) is 0 Å². The Morgan fingerprint density at radius 1 is 1.28 bits per heavy atom. The first-order chi connectivity index (χ1) is 11.7. The standard InChI is InChI=1S/C17H20FN3O4/c1-10(9-19)6-15(17(24)25)21-16(23)14(20-11(2)22)8-12-4-3-5-13(18)7-12/h3-5,7,10,14-15H,6,8H2,1-2H3,(H,20,22)(H,21,23)(H,24,25)/t10-,14+,15-/m0/s1. The summed E-state index contributed by atoms with van der Waals surface area (Å²) in [5.74, 6) is -3.51. The zero-order chi connectivity index (χ0) is 19.0. The van der Waals surface area contributed by atoms with Crippen molar-refractivity contribution >= 4 is 17.8 Å². The highest BCUT2D eigenvalue weighted by Crippen LogP contribution is 2.09. The molecule has 3 atom stereocenters. The van der Waals surface area contributed by atoms with Gasteiger partial charge in [-0.2, -0.15) is 5.26 Å². The van der Waals surface area contributed by atoms with Gasteiger partial charge in [-0.1, -0.05) is 12.1 Å². The summed E-state index contributed by atoms with van der Waals surface area (Å²) in [6.45, 7) is 2.76. The summed E-state index contributed by atoms with van der Waals surface area (Å²) in [5.41, 5.74) is 0.478. The highest BCUT2D eigenvalue weighted by Gasteiger charge is 2.27. The molecule has 2 amide bonds. The van der Waals surface area contributed by atoms with Crippen molar-refractivity contribution in [3.05, 3.63) is 35.6 Å². The van der Waals surface area contributed by atoms with Crippen LogP contribution in [-0.2, 0) is 20.8 Å². The number of hydrogen-bond acceptors (Lipinski definition) is 4. The van der Waals surface area contributed by atoms with E-state index in [0.717, 1.165) is 0 Å². The number of carbonyl (C=O) groups is 3. The molecule has 0 radical (unpaired) electrons. The van der Waals surface area contributed by atoms with Gasteiger partial charge in [0.25, 0.3) is 0 Å². The van der Waals surface area contributed by atoms with Gasteiger partial charge in [-0.05, 0) is 31.0 Å². The van der Waals surface area contributed by atoms with Crippen LogP contribution in [-0.4, -0.2) is 35.0 Å². The Morgan fingerprint density at radius 2 is 1.96 bits per heavy atom. The quantitative estimate of drug-likeness (QED) is 0.647. The van der Waals surface area contributed by atoms with Gasteiger partial charge < -0.3 is 15.7 Å². The molecule has 7 nitrogen and oxygen atoms in total. The number of carboxylic acid groups (broad SMARTS) is 1. The van der Waals surface area contributed by atoms with E-state index in [1.54, 1.807) is 13.0 Å². The molecule has 134 valence electrons. The number of hydrogen-bond donors (Lipinski definition) is 3. The van der Waals surface area contributed by atoms with Gasteiger partial charge >= 0.3 is 5.97 Å². The molecule has 1 rings (SSSR count). The highest BCUT2D eigenvalue weighted by atomic mass is 19.1. The van der Waals surface area contributed by atoms with E-state index in [1.807, 2.05) is 6.07 Å². The molecule has 0 bridgehead atoms. The van der Waals surface area contributed by atoms with E-state index in [0.29, 0.717) is 5.56 Å². The molecule has 0 spiro atoms. The van der Waals surface area contributed by atoms with Crippen LogP contribution >= 0.6 is 0 Å². The zero-order valence-electron chi connectivity index (χ0n) is 14.0. The van der Waals surface area contributed by atoms with Gasteiger partial charge in [0.15, 0.2) is 0 Å². The number of rotatable bonds is 8. The second kappa shape index (κ2) is 9.37. The summed E-state index contributed by atoms with van der Waals surface area (Å²) in [6.07, 6.45) is -0.0619. The van der Waals surface area contributed by atoms with Crippen LogP contribution in [0.3, 0.4) is 0 Å². The van der Waals surface area contributed by atoms with Crippen molar-refractivity contribution in [3.8, 4) is 6.07 Å². The molecule has 0 aromatic heterocycles. The molecular weight excluding hydrogens is 329 g/mol. The first kappa shape index (κ1) is 20.1. The summed E-state index contributed by atoms with van der Waals surface area (Å²) in [6, 6.07) is 5.14. The van der Waals surface area contributed by atoms with Crippen molar-refractivity contribution in [2.75, 3.05) is 0 Å². The van der Waals surface area contributed by atoms with Crippen LogP contribution in [0.4, 0.5) is 4.39 Å². The molecule has 0 saturated heterocycles. The summed E-state index contributed by atoms with van der Waals surface area (Å²) >= 11 is 0. The maximum Gasteiger partial charge on any atom is 0.326 e. The maximum absolute atomic E-state index is 13.3. The molecule has 0 aliphatic rings. The fourth-order valence-corrected chi connectivity index (χ4v) is 2.25. The predicted octanol–water partition coefficient (Wildman–Crippen LogP) is 0.992. The van der Waals surface area contributed by atoms with Gasteiger partial charge in [-0.25, -0.2) is 9.18 Å². The molecule has 8 heteroatoms. The lowest BCUT2D eigenvalue weighted by atomic mass is 10.0.